The van der Waals surface area contributed by atoms with Crippen molar-refractivity contribution >= 4 is 58.5 Å². The molecule has 2 aromatic rings. The van der Waals surface area contributed by atoms with E-state index in [1.807, 2.05) is 0 Å². The predicted molar refractivity (Wildman–Crippen MR) is 178 cm³/mol. The van der Waals surface area contributed by atoms with Gasteiger partial charge in [-0.2, -0.15) is 0 Å². The minimum Gasteiger partial charge on any atom is -0.469 e. The number of hydrogen-bond donors (Lipinski definition) is 3. The summed E-state index contributed by atoms with van der Waals surface area (Å²) in [5, 5.41) is 8.29. The Bertz CT molecular complexity index is 1540. The zero-order chi connectivity index (χ0) is 34.6. The molecule has 1 unspecified atom stereocenters. The van der Waals surface area contributed by atoms with Crippen LogP contribution in [0, 0.1) is 0 Å². The summed E-state index contributed by atoms with van der Waals surface area (Å²) < 4.78 is 4.62. The fraction of sp³-hybridized carbons (Fsp3) is 0.457. The van der Waals surface area contributed by atoms with Crippen molar-refractivity contribution < 1.29 is 38.3 Å². The molecule has 0 aliphatic carbocycles. The van der Waals surface area contributed by atoms with Crippen molar-refractivity contribution in [2.45, 2.75) is 83.1 Å². The van der Waals surface area contributed by atoms with Crippen LogP contribution in [0.15, 0.2) is 42.5 Å². The van der Waals surface area contributed by atoms with Gasteiger partial charge in [0.05, 0.1) is 18.2 Å². The van der Waals surface area contributed by atoms with Crippen molar-refractivity contribution in [2.75, 3.05) is 36.2 Å². The molecular formula is C35H43N5O8. The van der Waals surface area contributed by atoms with Crippen molar-refractivity contribution in [2.24, 2.45) is 0 Å². The highest BCUT2D eigenvalue weighted by atomic mass is 16.5. The van der Waals surface area contributed by atoms with E-state index < -0.39 is 29.7 Å². The number of hydrogen-bond acceptors (Lipinski definition) is 9. The van der Waals surface area contributed by atoms with Gasteiger partial charge in [-0.15, -0.1) is 0 Å². The number of fused-ring (bicyclic) bond motifs is 1. The molecule has 3 N–H and O–H groups in total. The number of nitrogens with one attached hydrogen (secondary N) is 3. The monoisotopic (exact) mass is 661 g/mol. The van der Waals surface area contributed by atoms with E-state index in [1.54, 1.807) is 54.4 Å². The Hall–Kier alpha value is -5.07. The van der Waals surface area contributed by atoms with Crippen molar-refractivity contribution in [3.05, 3.63) is 53.6 Å². The Labute approximate surface area is 279 Å². The van der Waals surface area contributed by atoms with Gasteiger partial charge in [-0.05, 0) is 68.5 Å². The van der Waals surface area contributed by atoms with Crippen LogP contribution in [-0.2, 0) is 28.7 Å². The fourth-order valence-corrected chi connectivity index (χ4v) is 5.78. The third-order valence-electron chi connectivity index (χ3n) is 8.53. The number of rotatable bonds is 17. The average Bonchev–Trinajstić information content (AvgIpc) is 3.33. The molecule has 0 spiro atoms. The summed E-state index contributed by atoms with van der Waals surface area (Å²) in [7, 11) is 3.09. The first kappa shape index (κ1) is 35.8. The van der Waals surface area contributed by atoms with Gasteiger partial charge in [0.15, 0.2) is 0 Å². The van der Waals surface area contributed by atoms with Crippen molar-refractivity contribution in [3.63, 3.8) is 0 Å². The molecule has 0 saturated carbocycles. The van der Waals surface area contributed by atoms with Crippen LogP contribution in [-0.4, -0.2) is 73.1 Å². The lowest BCUT2D eigenvalue weighted by Crippen LogP contribution is -2.54. The Balaban J connectivity index is 1.14. The Morgan fingerprint density at radius 2 is 1.56 bits per heavy atom. The number of imide groups is 2. The number of esters is 1. The maximum atomic E-state index is 13.2. The molecule has 13 nitrogen and oxygen atoms in total. The summed E-state index contributed by atoms with van der Waals surface area (Å²) in [5.41, 5.74) is 2.32. The molecule has 0 bridgehead atoms. The fourth-order valence-electron chi connectivity index (χ4n) is 5.78. The van der Waals surface area contributed by atoms with Gasteiger partial charge in [-0.25, -0.2) is 0 Å². The van der Waals surface area contributed by atoms with E-state index in [4.69, 9.17) is 0 Å². The number of piperidine rings is 1. The zero-order valence-electron chi connectivity index (χ0n) is 27.5. The van der Waals surface area contributed by atoms with Gasteiger partial charge in [0.25, 0.3) is 11.8 Å². The third-order valence-corrected chi connectivity index (χ3v) is 8.53. The number of nitrogens with zero attached hydrogens (tertiary/aromatic N) is 2. The smallest absolute Gasteiger partial charge is 0.305 e. The van der Waals surface area contributed by atoms with E-state index in [-0.39, 0.29) is 41.8 Å². The molecule has 1 atom stereocenters. The summed E-state index contributed by atoms with van der Waals surface area (Å²) in [6.45, 7) is 0.517. The molecule has 13 heteroatoms. The highest BCUT2D eigenvalue weighted by Crippen LogP contribution is 2.32. The van der Waals surface area contributed by atoms with Crippen LogP contribution in [0.2, 0.25) is 0 Å². The molecule has 256 valence electrons. The lowest BCUT2D eigenvalue weighted by Gasteiger charge is -2.27. The summed E-state index contributed by atoms with van der Waals surface area (Å²) in [6.07, 6.45) is 6.64. The number of anilines is 3. The van der Waals surface area contributed by atoms with Gasteiger partial charge in [-0.1, -0.05) is 25.3 Å². The number of carbonyl (C=O) groups is 7. The minimum atomic E-state index is -1.02. The maximum absolute atomic E-state index is 13.2. The summed E-state index contributed by atoms with van der Waals surface area (Å²) in [6, 6.07) is 11.0. The highest BCUT2D eigenvalue weighted by Gasteiger charge is 2.45. The molecule has 2 aromatic carbocycles. The second-order valence-corrected chi connectivity index (χ2v) is 12.0. The molecule has 2 aliphatic rings. The van der Waals surface area contributed by atoms with Crippen LogP contribution in [0.5, 0.6) is 0 Å². The molecule has 2 aliphatic heterocycles. The Morgan fingerprint density at radius 3 is 2.27 bits per heavy atom. The van der Waals surface area contributed by atoms with Gasteiger partial charge >= 0.3 is 5.97 Å². The molecule has 1 saturated heterocycles. The summed E-state index contributed by atoms with van der Waals surface area (Å²) >= 11 is 0. The number of unbranched alkanes of at least 4 members (excludes halogenated alkanes) is 5. The van der Waals surface area contributed by atoms with Crippen molar-refractivity contribution in [3.8, 4) is 0 Å². The quantitative estimate of drug-likeness (QED) is 0.128. The third kappa shape index (κ3) is 9.26. The van der Waals surface area contributed by atoms with E-state index in [2.05, 4.69) is 20.7 Å². The van der Waals surface area contributed by atoms with Gasteiger partial charge in [0.1, 0.15) is 6.04 Å². The van der Waals surface area contributed by atoms with E-state index in [0.29, 0.717) is 49.3 Å². The van der Waals surface area contributed by atoms with E-state index in [0.717, 1.165) is 43.4 Å². The minimum absolute atomic E-state index is 0.0366. The topological polar surface area (TPSA) is 171 Å². The second kappa shape index (κ2) is 17.2. The standard InChI is InChI=1S/C35H43N5O8/c1-39(24-18-16-23(17-19-24)37-28(41)13-6-3-4-8-15-31(44)48-2)30(43)14-7-5-9-22-36-26-12-10-11-25-32(26)35(47)40(34(25)46)27-20-21-29(42)38-33(27)45/h10-12,16-19,27,36H,3-9,13-15,20-22H2,1-2H3,(H,37,41)(H,38,42,45). The van der Waals surface area contributed by atoms with Gasteiger partial charge < -0.3 is 20.3 Å². The molecule has 4 rings (SSSR count). The second-order valence-electron chi connectivity index (χ2n) is 12.0. The van der Waals surface area contributed by atoms with Gasteiger partial charge in [0.2, 0.25) is 23.6 Å². The number of carbonyl (C=O) groups excluding carboxylic acids is 7. The van der Waals surface area contributed by atoms with Crippen molar-refractivity contribution in [1.29, 1.82) is 0 Å². The van der Waals surface area contributed by atoms with Crippen LogP contribution in [0.4, 0.5) is 17.1 Å². The summed E-state index contributed by atoms with van der Waals surface area (Å²) in [4.78, 5) is 88.8. The first-order valence-electron chi connectivity index (χ1n) is 16.4. The molecule has 2 heterocycles. The average molecular weight is 662 g/mol. The normalized spacial score (nSPS) is 15.5. The molecule has 0 aromatic heterocycles. The summed E-state index contributed by atoms with van der Waals surface area (Å²) in [5.74, 6) is -2.51. The van der Waals surface area contributed by atoms with Crippen LogP contribution in [0.25, 0.3) is 0 Å². The Kier molecular flexibility index (Phi) is 12.8. The molecule has 0 radical (unpaired) electrons. The molecular weight excluding hydrogens is 618 g/mol. The highest BCUT2D eigenvalue weighted by molar-refractivity contribution is 6.25. The largest absolute Gasteiger partial charge is 0.469 e. The van der Waals surface area contributed by atoms with E-state index >= 15 is 0 Å². The van der Waals surface area contributed by atoms with E-state index in [1.165, 1.54) is 7.11 Å². The number of benzene rings is 2. The Morgan fingerprint density at radius 1 is 0.875 bits per heavy atom. The van der Waals surface area contributed by atoms with E-state index in [9.17, 15) is 33.6 Å². The number of amides is 6. The maximum Gasteiger partial charge on any atom is 0.305 e. The number of methoxy groups -OCH3 is 1. The molecule has 6 amide bonds. The lowest BCUT2D eigenvalue weighted by molar-refractivity contribution is -0.141. The number of ether oxygens (including phenoxy) is 1. The van der Waals surface area contributed by atoms with Gasteiger partial charge in [0, 0.05) is 56.3 Å². The predicted octanol–water partition coefficient (Wildman–Crippen LogP) is 4.18. The van der Waals surface area contributed by atoms with Crippen LogP contribution in [0.1, 0.15) is 97.8 Å². The van der Waals surface area contributed by atoms with Crippen molar-refractivity contribution in [1.82, 2.24) is 10.2 Å². The first-order chi connectivity index (χ1) is 23.1. The first-order valence-corrected chi connectivity index (χ1v) is 16.4. The van der Waals surface area contributed by atoms with Crippen LogP contribution in [0.3, 0.4) is 0 Å². The molecule has 48 heavy (non-hydrogen) atoms. The molecule has 1 fully saturated rings. The van der Waals surface area contributed by atoms with Crippen LogP contribution < -0.4 is 20.9 Å². The lowest BCUT2D eigenvalue weighted by atomic mass is 10.0. The SMILES string of the molecule is COC(=O)CCCCCCC(=O)Nc1ccc(N(C)C(=O)CCCCCNc2cccc3c2C(=O)N(C2CCC(=O)NC2=O)C3=O)cc1. The zero-order valence-corrected chi connectivity index (χ0v) is 27.5. The van der Waals surface area contributed by atoms with Gasteiger partial charge in [-0.3, -0.25) is 43.8 Å². The van der Waals surface area contributed by atoms with Crippen LogP contribution >= 0.6 is 0 Å².